The highest BCUT2D eigenvalue weighted by Crippen LogP contribution is 2.27. The van der Waals surface area contributed by atoms with Gasteiger partial charge in [0, 0.05) is 5.02 Å². The van der Waals surface area contributed by atoms with Gasteiger partial charge in [0.25, 0.3) is 0 Å². The van der Waals surface area contributed by atoms with Crippen molar-refractivity contribution in [3.05, 3.63) is 69.7 Å². The smallest absolute Gasteiger partial charge is 0.0577 e. The summed E-state index contributed by atoms with van der Waals surface area (Å²) in [4.78, 5) is 0. The van der Waals surface area contributed by atoms with Gasteiger partial charge in [0.1, 0.15) is 0 Å². The van der Waals surface area contributed by atoms with Gasteiger partial charge in [-0.15, -0.1) is 0 Å². The van der Waals surface area contributed by atoms with Crippen LogP contribution >= 0.6 is 11.6 Å². The van der Waals surface area contributed by atoms with Gasteiger partial charge in [-0.05, 0) is 49.7 Å². The Labute approximate surface area is 114 Å². The van der Waals surface area contributed by atoms with Crippen molar-refractivity contribution in [3.8, 4) is 0 Å². The first-order valence-corrected chi connectivity index (χ1v) is 6.49. The average molecular weight is 260 g/mol. The van der Waals surface area contributed by atoms with Crippen molar-refractivity contribution in [2.45, 2.75) is 19.9 Å². The van der Waals surface area contributed by atoms with Crippen LogP contribution in [0.4, 0.5) is 0 Å². The molecule has 0 radical (unpaired) electrons. The summed E-state index contributed by atoms with van der Waals surface area (Å²) in [5.41, 5.74) is 5.07. The molecule has 1 atom stereocenters. The molecule has 2 aromatic carbocycles. The monoisotopic (exact) mass is 259 g/mol. The van der Waals surface area contributed by atoms with Gasteiger partial charge < -0.3 is 5.32 Å². The van der Waals surface area contributed by atoms with E-state index in [1.165, 1.54) is 22.3 Å². The van der Waals surface area contributed by atoms with Crippen LogP contribution in [0.3, 0.4) is 0 Å². The molecule has 18 heavy (non-hydrogen) atoms. The van der Waals surface area contributed by atoms with Gasteiger partial charge in [-0.2, -0.15) is 0 Å². The molecule has 0 aliphatic heterocycles. The molecule has 0 fully saturated rings. The summed E-state index contributed by atoms with van der Waals surface area (Å²) in [7, 11) is 1.98. The van der Waals surface area contributed by atoms with Gasteiger partial charge in [0.05, 0.1) is 6.04 Å². The first kappa shape index (κ1) is 13.1. The van der Waals surface area contributed by atoms with E-state index in [1.54, 1.807) is 0 Å². The van der Waals surface area contributed by atoms with Crippen molar-refractivity contribution < 1.29 is 0 Å². The Bertz CT molecular complexity index is 549. The molecular weight excluding hydrogens is 242 g/mol. The van der Waals surface area contributed by atoms with E-state index in [-0.39, 0.29) is 6.04 Å². The van der Waals surface area contributed by atoms with Crippen LogP contribution in [0.15, 0.2) is 42.5 Å². The van der Waals surface area contributed by atoms with Crippen LogP contribution in [-0.2, 0) is 0 Å². The summed E-state index contributed by atoms with van der Waals surface area (Å²) in [5, 5.41) is 4.15. The largest absolute Gasteiger partial charge is 0.309 e. The molecule has 0 saturated carbocycles. The van der Waals surface area contributed by atoms with E-state index in [0.717, 1.165) is 5.02 Å². The number of nitrogens with one attached hydrogen (secondary N) is 1. The third-order valence-corrected chi connectivity index (χ3v) is 3.45. The van der Waals surface area contributed by atoms with Crippen molar-refractivity contribution in [1.29, 1.82) is 0 Å². The summed E-state index contributed by atoms with van der Waals surface area (Å²) in [6.07, 6.45) is 0. The second kappa shape index (κ2) is 5.55. The molecule has 0 aliphatic rings. The zero-order valence-electron chi connectivity index (χ0n) is 11.0. The molecule has 0 spiro atoms. The number of halogens is 1. The van der Waals surface area contributed by atoms with Crippen molar-refractivity contribution >= 4 is 11.6 Å². The van der Waals surface area contributed by atoms with Crippen LogP contribution in [0.25, 0.3) is 0 Å². The molecule has 1 nitrogen and oxygen atoms in total. The minimum atomic E-state index is 0.184. The van der Waals surface area contributed by atoms with E-state index < -0.39 is 0 Å². The van der Waals surface area contributed by atoms with E-state index in [0.29, 0.717) is 0 Å². The second-order valence-corrected chi connectivity index (χ2v) is 5.07. The van der Waals surface area contributed by atoms with Crippen LogP contribution < -0.4 is 5.32 Å². The summed E-state index contributed by atoms with van der Waals surface area (Å²) in [5.74, 6) is 0. The molecule has 0 bridgehead atoms. The third kappa shape index (κ3) is 2.74. The summed E-state index contributed by atoms with van der Waals surface area (Å²) in [6.45, 7) is 4.26. The van der Waals surface area contributed by atoms with Gasteiger partial charge in [-0.25, -0.2) is 0 Å². The zero-order chi connectivity index (χ0) is 13.1. The molecule has 2 rings (SSSR count). The SMILES string of the molecule is CNC(c1cccc(Cl)c1)c1cc(C)ccc1C. The quantitative estimate of drug-likeness (QED) is 0.868. The van der Waals surface area contributed by atoms with E-state index >= 15 is 0 Å². The summed E-state index contributed by atoms with van der Waals surface area (Å²) >= 11 is 6.08. The van der Waals surface area contributed by atoms with E-state index in [1.807, 2.05) is 25.2 Å². The number of hydrogen-bond acceptors (Lipinski definition) is 1. The first-order valence-electron chi connectivity index (χ1n) is 6.11. The Morgan fingerprint density at radius 3 is 2.50 bits per heavy atom. The molecule has 1 N–H and O–H groups in total. The van der Waals surface area contributed by atoms with Crippen molar-refractivity contribution in [2.24, 2.45) is 0 Å². The molecular formula is C16H18ClN. The molecule has 2 heteroatoms. The maximum absolute atomic E-state index is 6.08. The highest BCUT2D eigenvalue weighted by atomic mass is 35.5. The average Bonchev–Trinajstić information content (AvgIpc) is 2.35. The van der Waals surface area contributed by atoms with E-state index in [2.05, 4.69) is 43.4 Å². The maximum Gasteiger partial charge on any atom is 0.0577 e. The lowest BCUT2D eigenvalue weighted by molar-refractivity contribution is 0.687. The fourth-order valence-corrected chi connectivity index (χ4v) is 2.46. The molecule has 0 aromatic heterocycles. The number of hydrogen-bond donors (Lipinski definition) is 1. The fraction of sp³-hybridized carbons (Fsp3) is 0.250. The van der Waals surface area contributed by atoms with Crippen molar-refractivity contribution in [1.82, 2.24) is 5.32 Å². The molecule has 0 heterocycles. The van der Waals surface area contributed by atoms with Gasteiger partial charge in [0.15, 0.2) is 0 Å². The molecule has 94 valence electrons. The van der Waals surface area contributed by atoms with Crippen molar-refractivity contribution in [3.63, 3.8) is 0 Å². The van der Waals surface area contributed by atoms with Crippen LogP contribution in [-0.4, -0.2) is 7.05 Å². The maximum atomic E-state index is 6.08. The van der Waals surface area contributed by atoms with Gasteiger partial charge in [-0.1, -0.05) is 47.5 Å². The summed E-state index contributed by atoms with van der Waals surface area (Å²) in [6, 6.07) is 14.7. The van der Waals surface area contributed by atoms with Crippen LogP contribution in [0.2, 0.25) is 5.02 Å². The van der Waals surface area contributed by atoms with Crippen molar-refractivity contribution in [2.75, 3.05) is 7.05 Å². The minimum absolute atomic E-state index is 0.184. The molecule has 0 saturated heterocycles. The lowest BCUT2D eigenvalue weighted by Gasteiger charge is -2.20. The Morgan fingerprint density at radius 2 is 1.83 bits per heavy atom. The number of rotatable bonds is 3. The third-order valence-electron chi connectivity index (χ3n) is 3.22. The Kier molecular flexibility index (Phi) is 4.05. The highest BCUT2D eigenvalue weighted by Gasteiger charge is 2.14. The Balaban J connectivity index is 2.48. The molecule has 0 amide bonds. The lowest BCUT2D eigenvalue weighted by Crippen LogP contribution is -2.18. The normalized spacial score (nSPS) is 12.4. The van der Waals surface area contributed by atoms with Crippen LogP contribution in [0.1, 0.15) is 28.3 Å². The fourth-order valence-electron chi connectivity index (χ4n) is 2.26. The van der Waals surface area contributed by atoms with E-state index in [4.69, 9.17) is 11.6 Å². The molecule has 2 aromatic rings. The van der Waals surface area contributed by atoms with Gasteiger partial charge >= 0.3 is 0 Å². The lowest BCUT2D eigenvalue weighted by atomic mass is 9.94. The number of benzene rings is 2. The standard InChI is InChI=1S/C16H18ClN/c1-11-7-8-12(2)15(9-11)16(18-3)13-5-4-6-14(17)10-13/h4-10,16,18H,1-3H3. The predicted molar refractivity (Wildman–Crippen MR) is 78.3 cm³/mol. The zero-order valence-corrected chi connectivity index (χ0v) is 11.8. The second-order valence-electron chi connectivity index (χ2n) is 4.64. The summed E-state index contributed by atoms with van der Waals surface area (Å²) < 4.78 is 0. The minimum Gasteiger partial charge on any atom is -0.309 e. The van der Waals surface area contributed by atoms with E-state index in [9.17, 15) is 0 Å². The van der Waals surface area contributed by atoms with Gasteiger partial charge in [-0.3, -0.25) is 0 Å². The van der Waals surface area contributed by atoms with Crippen LogP contribution in [0, 0.1) is 13.8 Å². The molecule has 1 unspecified atom stereocenters. The Morgan fingerprint density at radius 1 is 1.06 bits per heavy atom. The number of aryl methyl sites for hydroxylation is 2. The topological polar surface area (TPSA) is 12.0 Å². The Hall–Kier alpha value is -1.31. The van der Waals surface area contributed by atoms with Gasteiger partial charge in [0.2, 0.25) is 0 Å². The molecule has 0 aliphatic carbocycles. The predicted octanol–water partition coefficient (Wildman–Crippen LogP) is 4.27. The highest BCUT2D eigenvalue weighted by molar-refractivity contribution is 6.30. The van der Waals surface area contributed by atoms with Crippen LogP contribution in [0.5, 0.6) is 0 Å². The first-order chi connectivity index (χ1) is 8.61.